The van der Waals surface area contributed by atoms with Gasteiger partial charge in [-0.25, -0.2) is 14.3 Å². The lowest BCUT2D eigenvalue weighted by atomic mass is 9.84. The standard InChI is InChI=1S/C28H32N5OP/c1-20-25-27(33(30-20)21-13-7-5-8-14-21)29-19-24(35(25,34)32-17-11-6-12-18-32)26-28(2,3)22-15-9-10-16-23(22)31(26)4/h5,7-10,13-16,19H,6,11-12,17-18H2,1-4H3/b26-24-/t35-/m1/s1. The first-order valence-electron chi connectivity index (χ1n) is 12.5. The summed E-state index contributed by atoms with van der Waals surface area (Å²) < 4.78 is 19.8. The first-order chi connectivity index (χ1) is 16.8. The van der Waals surface area contributed by atoms with Crippen LogP contribution in [-0.4, -0.2) is 40.8 Å². The van der Waals surface area contributed by atoms with Crippen LogP contribution in [0.1, 0.15) is 44.4 Å². The highest BCUT2D eigenvalue weighted by Crippen LogP contribution is 2.64. The molecule has 3 aliphatic heterocycles. The van der Waals surface area contributed by atoms with Crippen LogP contribution in [0.4, 0.5) is 11.5 Å². The topological polar surface area (TPSA) is 53.7 Å². The maximum absolute atomic E-state index is 15.7. The maximum Gasteiger partial charge on any atom is 0.216 e. The van der Waals surface area contributed by atoms with Gasteiger partial charge in [-0.05, 0) is 43.5 Å². The Labute approximate surface area is 207 Å². The zero-order chi connectivity index (χ0) is 24.4. The van der Waals surface area contributed by atoms with Gasteiger partial charge in [-0.3, -0.25) is 4.57 Å². The highest BCUT2D eigenvalue weighted by atomic mass is 31.2. The second-order valence-electron chi connectivity index (χ2n) is 10.3. The van der Waals surface area contributed by atoms with Crippen molar-refractivity contribution in [3.05, 3.63) is 76.9 Å². The number of para-hydroxylation sites is 2. The summed E-state index contributed by atoms with van der Waals surface area (Å²) >= 11 is 0. The van der Waals surface area contributed by atoms with Crippen molar-refractivity contribution >= 4 is 30.3 Å². The van der Waals surface area contributed by atoms with Gasteiger partial charge in [-0.2, -0.15) is 5.10 Å². The SMILES string of the molecule is Cc1nn(-c2ccccc2)c2c1[P@@](=O)(N1CCCCC1)/C(=C1\N(C)c3ccccc3C1(C)C)C=N2. The smallest absolute Gasteiger partial charge is 0.216 e. The lowest BCUT2D eigenvalue weighted by Gasteiger charge is -2.39. The van der Waals surface area contributed by atoms with E-state index in [9.17, 15) is 0 Å². The van der Waals surface area contributed by atoms with E-state index in [1.807, 2.05) is 48.2 Å². The van der Waals surface area contributed by atoms with Gasteiger partial charge in [-0.15, -0.1) is 0 Å². The zero-order valence-corrected chi connectivity index (χ0v) is 21.8. The molecule has 1 saturated heterocycles. The Balaban J connectivity index is 1.64. The fourth-order valence-electron chi connectivity index (χ4n) is 6.16. The number of aliphatic imine (C=N–C) groups is 1. The van der Waals surface area contributed by atoms with E-state index in [1.165, 1.54) is 17.7 Å². The average Bonchev–Trinajstić information content (AvgIpc) is 3.32. The Bertz CT molecular complexity index is 1410. The van der Waals surface area contributed by atoms with E-state index in [0.717, 1.165) is 53.6 Å². The van der Waals surface area contributed by atoms with Crippen LogP contribution in [0.3, 0.4) is 0 Å². The first-order valence-corrected chi connectivity index (χ1v) is 14.1. The number of hydrogen-bond donors (Lipinski definition) is 0. The zero-order valence-electron chi connectivity index (χ0n) is 20.9. The molecule has 3 aliphatic rings. The van der Waals surface area contributed by atoms with Crippen LogP contribution < -0.4 is 10.2 Å². The van der Waals surface area contributed by atoms with Crippen LogP contribution in [0.25, 0.3) is 5.69 Å². The molecule has 0 spiro atoms. The van der Waals surface area contributed by atoms with Gasteiger partial charge in [0.1, 0.15) is 0 Å². The Kier molecular flexibility index (Phi) is 5.17. The Morgan fingerprint density at radius 1 is 0.943 bits per heavy atom. The molecule has 7 heteroatoms. The van der Waals surface area contributed by atoms with Crippen molar-refractivity contribution in [3.63, 3.8) is 0 Å². The van der Waals surface area contributed by atoms with Gasteiger partial charge in [0, 0.05) is 43.2 Å². The molecule has 3 aromatic rings. The largest absolute Gasteiger partial charge is 0.346 e. The lowest BCUT2D eigenvalue weighted by Crippen LogP contribution is -2.36. The number of likely N-dealkylation sites (N-methyl/N-ethyl adjacent to an activating group) is 1. The summed E-state index contributed by atoms with van der Waals surface area (Å²) in [4.78, 5) is 7.19. The van der Waals surface area contributed by atoms with Crippen molar-refractivity contribution in [1.29, 1.82) is 0 Å². The number of hydrogen-bond acceptors (Lipinski definition) is 4. The molecular formula is C28H32N5OP. The molecule has 0 aliphatic carbocycles. The third kappa shape index (κ3) is 3.16. The van der Waals surface area contributed by atoms with Gasteiger partial charge >= 0.3 is 0 Å². The summed E-state index contributed by atoms with van der Waals surface area (Å²) in [6.07, 6.45) is 5.19. The molecule has 6 nitrogen and oxygen atoms in total. The van der Waals surface area contributed by atoms with Gasteiger partial charge < -0.3 is 4.90 Å². The normalized spacial score (nSPS) is 25.5. The van der Waals surface area contributed by atoms with Crippen molar-refractivity contribution in [2.45, 2.75) is 45.4 Å². The van der Waals surface area contributed by atoms with Gasteiger partial charge in [0.15, 0.2) is 5.82 Å². The molecule has 1 fully saturated rings. The van der Waals surface area contributed by atoms with Crippen LogP contribution in [0.5, 0.6) is 0 Å². The third-order valence-corrected chi connectivity index (χ3v) is 11.1. The second-order valence-corrected chi connectivity index (χ2v) is 12.9. The number of rotatable bonds is 2. The molecule has 1 atom stereocenters. The number of aryl methyl sites for hydroxylation is 1. The van der Waals surface area contributed by atoms with E-state index in [-0.39, 0.29) is 5.41 Å². The maximum atomic E-state index is 15.7. The van der Waals surface area contributed by atoms with Crippen LogP contribution in [0.2, 0.25) is 0 Å². The van der Waals surface area contributed by atoms with E-state index in [4.69, 9.17) is 10.1 Å². The van der Waals surface area contributed by atoms with Gasteiger partial charge in [0.2, 0.25) is 7.29 Å². The minimum Gasteiger partial charge on any atom is -0.346 e. The predicted octanol–water partition coefficient (Wildman–Crippen LogP) is 5.93. The molecule has 2 aromatic carbocycles. The summed E-state index contributed by atoms with van der Waals surface area (Å²) in [5, 5.41) is 6.53. The molecule has 180 valence electrons. The Morgan fingerprint density at radius 3 is 2.34 bits per heavy atom. The number of fused-ring (bicyclic) bond motifs is 2. The highest BCUT2D eigenvalue weighted by molar-refractivity contribution is 7.75. The molecule has 4 heterocycles. The number of nitrogens with zero attached hydrogens (tertiary/aromatic N) is 5. The Hall–Kier alpha value is -2.95. The highest BCUT2D eigenvalue weighted by Gasteiger charge is 2.50. The minimum absolute atomic E-state index is 0.293. The van der Waals surface area contributed by atoms with Crippen LogP contribution in [0.15, 0.2) is 70.6 Å². The first kappa shape index (κ1) is 22.5. The number of aromatic nitrogens is 2. The lowest BCUT2D eigenvalue weighted by molar-refractivity contribution is 0.351. The summed E-state index contributed by atoms with van der Waals surface area (Å²) in [5.74, 6) is 0.697. The fourth-order valence-corrected chi connectivity index (χ4v) is 9.67. The van der Waals surface area contributed by atoms with E-state index < -0.39 is 7.29 Å². The molecule has 0 saturated carbocycles. The number of allylic oxidation sites excluding steroid dienone is 2. The van der Waals surface area contributed by atoms with Crippen LogP contribution >= 0.6 is 7.29 Å². The van der Waals surface area contributed by atoms with Crippen molar-refractivity contribution < 1.29 is 4.57 Å². The Morgan fingerprint density at radius 2 is 1.63 bits per heavy atom. The number of anilines is 1. The van der Waals surface area contributed by atoms with Gasteiger partial charge in [-0.1, -0.05) is 56.7 Å². The molecule has 1 aromatic heterocycles. The van der Waals surface area contributed by atoms with Crippen LogP contribution in [0, 0.1) is 6.92 Å². The molecular weight excluding hydrogens is 453 g/mol. The van der Waals surface area contributed by atoms with Gasteiger partial charge in [0.25, 0.3) is 0 Å². The van der Waals surface area contributed by atoms with Crippen molar-refractivity contribution in [1.82, 2.24) is 14.5 Å². The predicted molar refractivity (Wildman–Crippen MR) is 144 cm³/mol. The van der Waals surface area contributed by atoms with Gasteiger partial charge in [0.05, 0.1) is 22.0 Å². The summed E-state index contributed by atoms with van der Waals surface area (Å²) in [6.45, 7) is 8.11. The van der Waals surface area contributed by atoms with Crippen molar-refractivity contribution in [3.8, 4) is 5.69 Å². The van der Waals surface area contributed by atoms with Crippen molar-refractivity contribution in [2.75, 3.05) is 25.0 Å². The number of benzene rings is 2. The fraction of sp³-hybridized carbons (Fsp3) is 0.357. The minimum atomic E-state index is -3.18. The summed E-state index contributed by atoms with van der Waals surface area (Å²) in [5.41, 5.74) is 4.93. The van der Waals surface area contributed by atoms with Crippen LogP contribution in [-0.2, 0) is 9.98 Å². The van der Waals surface area contributed by atoms with Crippen molar-refractivity contribution in [2.24, 2.45) is 4.99 Å². The molecule has 0 unspecified atom stereocenters. The molecule has 6 rings (SSSR count). The van der Waals surface area contributed by atoms with E-state index in [2.05, 4.69) is 54.7 Å². The third-order valence-electron chi connectivity index (χ3n) is 7.78. The number of piperidine rings is 1. The molecule has 0 radical (unpaired) electrons. The monoisotopic (exact) mass is 485 g/mol. The molecule has 35 heavy (non-hydrogen) atoms. The average molecular weight is 486 g/mol. The van der Waals surface area contributed by atoms with E-state index in [1.54, 1.807) is 0 Å². The molecule has 0 bridgehead atoms. The summed E-state index contributed by atoms with van der Waals surface area (Å²) in [6, 6.07) is 18.5. The quantitative estimate of drug-likeness (QED) is 0.423. The van der Waals surface area contributed by atoms with E-state index in [0.29, 0.717) is 5.82 Å². The van der Waals surface area contributed by atoms with E-state index >= 15 is 4.57 Å². The molecule has 0 N–H and O–H groups in total. The molecule has 0 amide bonds. The second kappa shape index (κ2) is 8.04. The summed E-state index contributed by atoms with van der Waals surface area (Å²) in [7, 11) is -1.09.